The van der Waals surface area contributed by atoms with Gasteiger partial charge >= 0.3 is 0 Å². The van der Waals surface area contributed by atoms with E-state index < -0.39 is 0 Å². The van der Waals surface area contributed by atoms with Gasteiger partial charge in [0.15, 0.2) is 6.61 Å². The van der Waals surface area contributed by atoms with Crippen molar-refractivity contribution in [2.75, 3.05) is 42.6 Å². The third-order valence-electron chi connectivity index (χ3n) is 3.81. The Morgan fingerprint density at radius 1 is 1.25 bits per heavy atom. The molecule has 2 heterocycles. The molecule has 1 saturated heterocycles. The molecule has 1 aromatic rings. The normalized spacial score (nSPS) is 19.1. The molecule has 3 rings (SSSR count). The fourth-order valence-electron chi connectivity index (χ4n) is 2.91. The lowest BCUT2D eigenvalue weighted by Gasteiger charge is -2.38. The van der Waals surface area contributed by atoms with Crippen LogP contribution < -0.4 is 19.9 Å². The molecule has 0 unspecified atom stereocenters. The quantitative estimate of drug-likeness (QED) is 0.882. The first kappa shape index (κ1) is 13.2. The minimum Gasteiger partial charge on any atom is -0.481 e. The molecule has 0 saturated carbocycles. The van der Waals surface area contributed by atoms with Crippen LogP contribution in [0.2, 0.25) is 0 Å². The Hall–Kier alpha value is -1.75. The average molecular weight is 275 g/mol. The fraction of sp³-hybridized carbons (Fsp3) is 0.533. The zero-order chi connectivity index (χ0) is 14.1. The van der Waals surface area contributed by atoms with Crippen LogP contribution in [0.5, 0.6) is 5.75 Å². The summed E-state index contributed by atoms with van der Waals surface area (Å²) in [5.74, 6) is 0.851. The monoisotopic (exact) mass is 275 g/mol. The van der Waals surface area contributed by atoms with Crippen molar-refractivity contribution < 1.29 is 9.53 Å². The highest BCUT2D eigenvalue weighted by molar-refractivity contribution is 6.02. The molecule has 108 valence electrons. The smallest absolute Gasteiger partial charge is 0.265 e. The predicted molar refractivity (Wildman–Crippen MR) is 79.6 cm³/mol. The number of hydrogen-bond donors (Lipinski definition) is 1. The van der Waals surface area contributed by atoms with Gasteiger partial charge in [-0.3, -0.25) is 4.79 Å². The van der Waals surface area contributed by atoms with Crippen LogP contribution in [0.25, 0.3) is 0 Å². The van der Waals surface area contributed by atoms with E-state index in [9.17, 15) is 4.79 Å². The number of nitrogens with zero attached hydrogens (tertiary/aromatic N) is 2. The molecule has 1 aromatic carbocycles. The van der Waals surface area contributed by atoms with Gasteiger partial charge in [0.2, 0.25) is 0 Å². The Morgan fingerprint density at radius 2 is 2.00 bits per heavy atom. The number of carbonyl (C=O) groups is 1. The second-order valence-corrected chi connectivity index (χ2v) is 5.51. The average Bonchev–Trinajstić information content (AvgIpc) is 2.47. The molecule has 0 bridgehead atoms. The van der Waals surface area contributed by atoms with Crippen LogP contribution in [-0.2, 0) is 4.79 Å². The fourth-order valence-corrected chi connectivity index (χ4v) is 2.91. The van der Waals surface area contributed by atoms with Gasteiger partial charge in [-0.25, -0.2) is 0 Å². The summed E-state index contributed by atoms with van der Waals surface area (Å²) < 4.78 is 5.61. The van der Waals surface area contributed by atoms with E-state index in [2.05, 4.69) is 16.3 Å². The van der Waals surface area contributed by atoms with Gasteiger partial charge in [-0.2, -0.15) is 0 Å². The van der Waals surface area contributed by atoms with E-state index in [0.29, 0.717) is 0 Å². The van der Waals surface area contributed by atoms with Crippen molar-refractivity contribution in [2.24, 2.45) is 0 Å². The van der Waals surface area contributed by atoms with Crippen LogP contribution >= 0.6 is 0 Å². The maximum atomic E-state index is 12.2. The molecule has 1 N–H and O–H groups in total. The van der Waals surface area contributed by atoms with Crippen LogP contribution in [0.15, 0.2) is 18.2 Å². The minimum atomic E-state index is 0.0371. The van der Waals surface area contributed by atoms with E-state index in [1.807, 2.05) is 30.9 Å². The Labute approximate surface area is 119 Å². The number of benzene rings is 1. The molecule has 2 aliphatic rings. The van der Waals surface area contributed by atoms with Gasteiger partial charge in [-0.1, -0.05) is 6.07 Å². The highest BCUT2D eigenvalue weighted by atomic mass is 16.5. The summed E-state index contributed by atoms with van der Waals surface area (Å²) in [5.41, 5.74) is 2.03. The van der Waals surface area contributed by atoms with Gasteiger partial charge in [0.25, 0.3) is 5.91 Å². The van der Waals surface area contributed by atoms with Crippen molar-refractivity contribution in [3.63, 3.8) is 0 Å². The van der Waals surface area contributed by atoms with Crippen LogP contribution in [0.1, 0.15) is 13.8 Å². The number of para-hydroxylation sites is 1. The van der Waals surface area contributed by atoms with E-state index in [-0.39, 0.29) is 18.6 Å². The van der Waals surface area contributed by atoms with Crippen molar-refractivity contribution in [3.05, 3.63) is 18.2 Å². The van der Waals surface area contributed by atoms with E-state index >= 15 is 0 Å². The first-order valence-corrected chi connectivity index (χ1v) is 7.22. The van der Waals surface area contributed by atoms with E-state index in [1.165, 1.54) is 0 Å². The number of amides is 1. The standard InChI is InChI=1S/C15H21N3O2/c1-11(2)18-14(19)10-20-13-5-3-4-12(15(13)18)17-8-6-16-7-9-17/h3-5,11,16H,6-10H2,1-2H3. The number of nitrogens with one attached hydrogen (secondary N) is 1. The van der Waals surface area contributed by atoms with Crippen molar-refractivity contribution in [3.8, 4) is 5.75 Å². The molecular weight excluding hydrogens is 254 g/mol. The number of ether oxygens (including phenoxy) is 1. The lowest BCUT2D eigenvalue weighted by atomic mass is 10.1. The van der Waals surface area contributed by atoms with Crippen molar-refractivity contribution >= 4 is 17.3 Å². The first-order valence-electron chi connectivity index (χ1n) is 7.22. The molecule has 1 amide bonds. The van der Waals surface area contributed by atoms with Crippen molar-refractivity contribution in [1.82, 2.24) is 5.32 Å². The minimum absolute atomic E-state index is 0.0371. The third kappa shape index (κ3) is 2.22. The topological polar surface area (TPSA) is 44.8 Å². The Morgan fingerprint density at radius 3 is 2.70 bits per heavy atom. The van der Waals surface area contributed by atoms with Gasteiger partial charge in [0, 0.05) is 32.2 Å². The molecular formula is C15H21N3O2. The highest BCUT2D eigenvalue weighted by Gasteiger charge is 2.31. The molecule has 5 nitrogen and oxygen atoms in total. The maximum absolute atomic E-state index is 12.2. The van der Waals surface area contributed by atoms with E-state index in [0.717, 1.165) is 43.3 Å². The summed E-state index contributed by atoms with van der Waals surface area (Å²) in [6.45, 7) is 8.08. The van der Waals surface area contributed by atoms with Gasteiger partial charge in [-0.05, 0) is 26.0 Å². The second kappa shape index (κ2) is 5.32. The molecule has 0 radical (unpaired) electrons. The number of carbonyl (C=O) groups excluding carboxylic acids is 1. The zero-order valence-corrected chi connectivity index (χ0v) is 12.1. The van der Waals surface area contributed by atoms with Gasteiger partial charge in [-0.15, -0.1) is 0 Å². The third-order valence-corrected chi connectivity index (χ3v) is 3.81. The highest BCUT2D eigenvalue weighted by Crippen LogP contribution is 2.41. The first-order chi connectivity index (χ1) is 9.68. The predicted octanol–water partition coefficient (Wildman–Crippen LogP) is 1.23. The number of anilines is 2. The lowest BCUT2D eigenvalue weighted by molar-refractivity contribution is -0.121. The van der Waals surface area contributed by atoms with Crippen molar-refractivity contribution in [2.45, 2.75) is 19.9 Å². The van der Waals surface area contributed by atoms with Gasteiger partial charge in [0.1, 0.15) is 11.4 Å². The molecule has 1 fully saturated rings. The molecule has 0 aliphatic carbocycles. The van der Waals surface area contributed by atoms with Gasteiger partial charge in [0.05, 0.1) is 5.69 Å². The summed E-state index contributed by atoms with van der Waals surface area (Å²) in [6.07, 6.45) is 0. The SMILES string of the molecule is CC(C)N1C(=O)COc2cccc(N3CCNCC3)c21. The molecule has 0 aromatic heterocycles. The molecule has 20 heavy (non-hydrogen) atoms. The van der Waals surface area contributed by atoms with Crippen LogP contribution in [0, 0.1) is 0 Å². The largest absolute Gasteiger partial charge is 0.481 e. The summed E-state index contributed by atoms with van der Waals surface area (Å²) in [4.78, 5) is 16.4. The van der Waals surface area contributed by atoms with E-state index in [4.69, 9.17) is 4.74 Å². The summed E-state index contributed by atoms with van der Waals surface area (Å²) in [6, 6.07) is 6.17. The van der Waals surface area contributed by atoms with Crippen molar-refractivity contribution in [1.29, 1.82) is 0 Å². The number of fused-ring (bicyclic) bond motifs is 1. The lowest BCUT2D eigenvalue weighted by Crippen LogP contribution is -2.47. The van der Waals surface area contributed by atoms with Crippen LogP contribution in [0.4, 0.5) is 11.4 Å². The molecule has 0 atom stereocenters. The van der Waals surface area contributed by atoms with Crippen LogP contribution in [-0.4, -0.2) is 44.7 Å². The van der Waals surface area contributed by atoms with Crippen LogP contribution in [0.3, 0.4) is 0 Å². The van der Waals surface area contributed by atoms with Gasteiger partial charge < -0.3 is 19.9 Å². The Kier molecular flexibility index (Phi) is 3.53. The number of rotatable bonds is 2. The molecule has 2 aliphatic heterocycles. The molecule has 5 heteroatoms. The number of piperazine rings is 1. The number of hydrogen-bond acceptors (Lipinski definition) is 4. The zero-order valence-electron chi connectivity index (χ0n) is 12.1. The summed E-state index contributed by atoms with van der Waals surface area (Å²) >= 11 is 0. The molecule has 0 spiro atoms. The summed E-state index contributed by atoms with van der Waals surface area (Å²) in [7, 11) is 0. The Balaban J connectivity index is 2.05. The summed E-state index contributed by atoms with van der Waals surface area (Å²) in [5, 5.41) is 3.35. The van der Waals surface area contributed by atoms with E-state index in [1.54, 1.807) is 0 Å². The Bertz CT molecular complexity index is 510. The second-order valence-electron chi connectivity index (χ2n) is 5.51. The maximum Gasteiger partial charge on any atom is 0.265 e.